The first-order chi connectivity index (χ1) is 13.7. The van der Waals surface area contributed by atoms with Crippen molar-refractivity contribution in [2.45, 2.75) is 64.1 Å². The van der Waals surface area contributed by atoms with Gasteiger partial charge in [0.05, 0.1) is 12.5 Å². The molecule has 1 N–H and O–H groups in total. The number of hydrogen-bond donors (Lipinski definition) is 1. The van der Waals surface area contributed by atoms with Gasteiger partial charge in [0.1, 0.15) is 5.75 Å². The quantitative estimate of drug-likeness (QED) is 0.784. The molecule has 4 rings (SSSR count). The van der Waals surface area contributed by atoms with E-state index in [0.29, 0.717) is 24.6 Å². The first kappa shape index (κ1) is 19.7. The molecule has 5 nitrogen and oxygen atoms in total. The molecule has 1 amide bonds. The van der Waals surface area contributed by atoms with Crippen molar-refractivity contribution in [2.24, 2.45) is 5.92 Å². The SMILES string of the molecule is CCOc1ccc(CN2CCC(N3CCCC(C(=O)NC4CC4)C3)CC2)cc1. The zero-order chi connectivity index (χ0) is 19.3. The number of nitrogens with one attached hydrogen (secondary N) is 1. The van der Waals surface area contributed by atoms with Crippen LogP contribution in [-0.2, 0) is 11.3 Å². The Labute approximate surface area is 169 Å². The van der Waals surface area contributed by atoms with Gasteiger partial charge in [-0.1, -0.05) is 12.1 Å². The summed E-state index contributed by atoms with van der Waals surface area (Å²) in [5, 5.41) is 3.21. The molecule has 1 saturated carbocycles. The summed E-state index contributed by atoms with van der Waals surface area (Å²) in [4.78, 5) is 17.6. The van der Waals surface area contributed by atoms with Crippen LogP contribution in [0.25, 0.3) is 0 Å². The van der Waals surface area contributed by atoms with Crippen LogP contribution < -0.4 is 10.1 Å². The highest BCUT2D eigenvalue weighted by Crippen LogP contribution is 2.26. The molecule has 28 heavy (non-hydrogen) atoms. The predicted octanol–water partition coefficient (Wildman–Crippen LogP) is 3.04. The molecule has 1 unspecified atom stereocenters. The molecule has 0 aromatic heterocycles. The van der Waals surface area contributed by atoms with Crippen molar-refractivity contribution >= 4 is 5.91 Å². The van der Waals surface area contributed by atoms with Gasteiger partial charge in [-0.05, 0) is 82.8 Å². The standard InChI is InChI=1S/C23H35N3O2/c1-2-28-22-9-5-18(6-10-22)16-25-14-11-21(12-15-25)26-13-3-4-19(17-26)23(27)24-20-7-8-20/h5-6,9-10,19-21H,2-4,7-8,11-17H2,1H3,(H,24,27). The van der Waals surface area contributed by atoms with Crippen LogP contribution in [0.5, 0.6) is 5.75 Å². The summed E-state index contributed by atoms with van der Waals surface area (Å²) in [6.07, 6.45) is 7.01. The fourth-order valence-corrected chi connectivity index (χ4v) is 4.66. The highest BCUT2D eigenvalue weighted by molar-refractivity contribution is 5.79. The second-order valence-electron chi connectivity index (χ2n) is 8.70. The molecule has 2 heterocycles. The zero-order valence-electron chi connectivity index (χ0n) is 17.2. The van der Waals surface area contributed by atoms with Gasteiger partial charge >= 0.3 is 0 Å². The second kappa shape index (κ2) is 9.27. The first-order valence-electron chi connectivity index (χ1n) is 11.2. The van der Waals surface area contributed by atoms with E-state index < -0.39 is 0 Å². The van der Waals surface area contributed by atoms with Crippen LogP contribution in [0.2, 0.25) is 0 Å². The van der Waals surface area contributed by atoms with Gasteiger partial charge < -0.3 is 10.1 Å². The summed E-state index contributed by atoms with van der Waals surface area (Å²) < 4.78 is 5.53. The number of hydrogen-bond acceptors (Lipinski definition) is 4. The van der Waals surface area contributed by atoms with Gasteiger partial charge in [-0.25, -0.2) is 0 Å². The number of amides is 1. The fraction of sp³-hybridized carbons (Fsp3) is 0.696. The maximum atomic E-state index is 12.4. The third kappa shape index (κ3) is 5.26. The van der Waals surface area contributed by atoms with Crippen LogP contribution in [0, 0.1) is 5.92 Å². The van der Waals surface area contributed by atoms with E-state index in [-0.39, 0.29) is 5.92 Å². The molecule has 1 atom stereocenters. The lowest BCUT2D eigenvalue weighted by Crippen LogP contribution is -2.50. The molecule has 2 saturated heterocycles. The van der Waals surface area contributed by atoms with Crippen molar-refractivity contribution in [3.05, 3.63) is 29.8 Å². The van der Waals surface area contributed by atoms with E-state index in [1.54, 1.807) is 0 Å². The molecule has 3 fully saturated rings. The average Bonchev–Trinajstić information content (AvgIpc) is 3.54. The van der Waals surface area contributed by atoms with Crippen molar-refractivity contribution < 1.29 is 9.53 Å². The van der Waals surface area contributed by atoms with Crippen LogP contribution in [0.15, 0.2) is 24.3 Å². The van der Waals surface area contributed by atoms with E-state index >= 15 is 0 Å². The zero-order valence-corrected chi connectivity index (χ0v) is 17.2. The average molecular weight is 386 g/mol. The van der Waals surface area contributed by atoms with Gasteiger partial charge in [0.25, 0.3) is 0 Å². The lowest BCUT2D eigenvalue weighted by molar-refractivity contribution is -0.127. The molecular weight excluding hydrogens is 350 g/mol. The maximum absolute atomic E-state index is 12.4. The van der Waals surface area contributed by atoms with E-state index in [4.69, 9.17) is 4.74 Å². The number of ether oxygens (including phenoxy) is 1. The monoisotopic (exact) mass is 385 g/mol. The van der Waals surface area contributed by atoms with Gasteiger partial charge in [-0.3, -0.25) is 14.6 Å². The lowest BCUT2D eigenvalue weighted by Gasteiger charge is -2.42. The molecule has 1 aromatic rings. The largest absolute Gasteiger partial charge is 0.494 e. The Bertz CT molecular complexity index is 636. The maximum Gasteiger partial charge on any atom is 0.224 e. The Balaban J connectivity index is 1.22. The minimum atomic E-state index is 0.205. The van der Waals surface area contributed by atoms with E-state index in [0.717, 1.165) is 51.3 Å². The normalized spacial score (nSPS) is 24.8. The van der Waals surface area contributed by atoms with Gasteiger partial charge in [-0.15, -0.1) is 0 Å². The Kier molecular flexibility index (Phi) is 6.53. The van der Waals surface area contributed by atoms with Crippen molar-refractivity contribution in [2.75, 3.05) is 32.8 Å². The van der Waals surface area contributed by atoms with Crippen LogP contribution in [0.4, 0.5) is 0 Å². The molecule has 5 heteroatoms. The van der Waals surface area contributed by atoms with Crippen LogP contribution in [-0.4, -0.2) is 60.6 Å². The number of piperidine rings is 2. The molecule has 0 radical (unpaired) electrons. The van der Waals surface area contributed by atoms with Gasteiger partial charge in [0.15, 0.2) is 0 Å². The van der Waals surface area contributed by atoms with Crippen molar-refractivity contribution in [3.8, 4) is 5.75 Å². The molecule has 3 aliphatic rings. The fourth-order valence-electron chi connectivity index (χ4n) is 4.66. The molecule has 154 valence electrons. The molecule has 0 spiro atoms. The third-order valence-corrected chi connectivity index (χ3v) is 6.46. The van der Waals surface area contributed by atoms with Crippen LogP contribution in [0.3, 0.4) is 0 Å². The van der Waals surface area contributed by atoms with Crippen molar-refractivity contribution in [1.82, 2.24) is 15.1 Å². The predicted molar refractivity (Wildman–Crippen MR) is 111 cm³/mol. The highest BCUT2D eigenvalue weighted by atomic mass is 16.5. The Hall–Kier alpha value is -1.59. The minimum absolute atomic E-state index is 0.205. The van der Waals surface area contributed by atoms with Crippen LogP contribution >= 0.6 is 0 Å². The van der Waals surface area contributed by atoms with Gasteiger partial charge in [0, 0.05) is 25.2 Å². The summed E-state index contributed by atoms with van der Waals surface area (Å²) >= 11 is 0. The van der Waals surface area contributed by atoms with Gasteiger partial charge in [-0.2, -0.15) is 0 Å². The molecule has 1 aliphatic carbocycles. The smallest absolute Gasteiger partial charge is 0.224 e. The third-order valence-electron chi connectivity index (χ3n) is 6.46. The summed E-state index contributed by atoms with van der Waals surface area (Å²) in [5.74, 6) is 1.46. The number of likely N-dealkylation sites (tertiary alicyclic amines) is 2. The number of benzene rings is 1. The number of carbonyl (C=O) groups excluding carboxylic acids is 1. The number of nitrogens with zero attached hydrogens (tertiary/aromatic N) is 2. The topological polar surface area (TPSA) is 44.8 Å². The summed E-state index contributed by atoms with van der Waals surface area (Å²) in [7, 11) is 0. The molecular formula is C23H35N3O2. The summed E-state index contributed by atoms with van der Waals surface area (Å²) in [5.41, 5.74) is 1.36. The summed E-state index contributed by atoms with van der Waals surface area (Å²) in [6, 6.07) is 9.65. The first-order valence-corrected chi connectivity index (χ1v) is 11.2. The Morgan fingerprint density at radius 3 is 2.50 bits per heavy atom. The second-order valence-corrected chi connectivity index (χ2v) is 8.70. The van der Waals surface area contributed by atoms with Crippen molar-refractivity contribution in [3.63, 3.8) is 0 Å². The Morgan fingerprint density at radius 2 is 1.82 bits per heavy atom. The highest BCUT2D eigenvalue weighted by Gasteiger charge is 2.33. The van der Waals surface area contributed by atoms with E-state index in [1.807, 2.05) is 6.92 Å². The summed E-state index contributed by atoms with van der Waals surface area (Å²) in [6.45, 7) is 8.17. The molecule has 1 aromatic carbocycles. The lowest BCUT2D eigenvalue weighted by atomic mass is 9.93. The van der Waals surface area contributed by atoms with Crippen molar-refractivity contribution in [1.29, 1.82) is 0 Å². The molecule has 2 aliphatic heterocycles. The van der Waals surface area contributed by atoms with Crippen LogP contribution in [0.1, 0.15) is 51.0 Å². The molecule has 0 bridgehead atoms. The Morgan fingerprint density at radius 1 is 1.07 bits per heavy atom. The van der Waals surface area contributed by atoms with E-state index in [2.05, 4.69) is 39.4 Å². The number of carbonyl (C=O) groups is 1. The van der Waals surface area contributed by atoms with E-state index in [9.17, 15) is 4.79 Å². The van der Waals surface area contributed by atoms with Gasteiger partial charge in [0.2, 0.25) is 5.91 Å². The number of rotatable bonds is 7. The minimum Gasteiger partial charge on any atom is -0.494 e. The van der Waals surface area contributed by atoms with E-state index in [1.165, 1.54) is 31.2 Å².